The van der Waals surface area contributed by atoms with Crippen LogP contribution in [-0.4, -0.2) is 26.3 Å². The molecule has 1 fully saturated rings. The van der Waals surface area contributed by atoms with Gasteiger partial charge in [0.25, 0.3) is 0 Å². The van der Waals surface area contributed by atoms with E-state index in [9.17, 15) is 0 Å². The average molecular weight is 289 g/mol. The summed E-state index contributed by atoms with van der Waals surface area (Å²) in [6.07, 6.45) is 4.64. The Morgan fingerprint density at radius 2 is 1.71 bits per heavy atom. The molecule has 0 aliphatic carbocycles. The van der Waals surface area contributed by atoms with Crippen molar-refractivity contribution in [3.63, 3.8) is 0 Å². The van der Waals surface area contributed by atoms with E-state index in [1.165, 1.54) is 30.4 Å². The highest BCUT2D eigenvalue weighted by Crippen LogP contribution is 2.34. The highest BCUT2D eigenvalue weighted by molar-refractivity contribution is 5.23. The summed E-state index contributed by atoms with van der Waals surface area (Å²) < 4.78 is 5.60. The molecule has 0 amide bonds. The van der Waals surface area contributed by atoms with Crippen LogP contribution < -0.4 is 5.32 Å². The first-order chi connectivity index (χ1) is 10.1. The van der Waals surface area contributed by atoms with Gasteiger partial charge in [0.1, 0.15) is 0 Å². The summed E-state index contributed by atoms with van der Waals surface area (Å²) in [4.78, 5) is 0. The molecule has 2 nitrogen and oxygen atoms in total. The van der Waals surface area contributed by atoms with E-state index in [2.05, 4.69) is 50.4 Å². The molecule has 21 heavy (non-hydrogen) atoms. The molecule has 1 aliphatic rings. The lowest BCUT2D eigenvalue weighted by molar-refractivity contribution is 0.0147. The fourth-order valence-electron chi connectivity index (χ4n) is 3.17. The average Bonchev–Trinajstić information content (AvgIpc) is 2.48. The monoisotopic (exact) mass is 289 g/mol. The van der Waals surface area contributed by atoms with Gasteiger partial charge in [-0.25, -0.2) is 0 Å². The molecular formula is C19H31NO. The second-order valence-electron chi connectivity index (χ2n) is 6.98. The van der Waals surface area contributed by atoms with E-state index in [1.54, 1.807) is 0 Å². The van der Waals surface area contributed by atoms with Crippen molar-refractivity contribution in [3.05, 3.63) is 35.4 Å². The van der Waals surface area contributed by atoms with E-state index in [-0.39, 0.29) is 0 Å². The number of nitrogens with one attached hydrogen (secondary N) is 1. The number of hydrogen-bond donors (Lipinski definition) is 1. The zero-order valence-corrected chi connectivity index (χ0v) is 14.0. The molecule has 118 valence electrons. The molecule has 1 heterocycles. The van der Waals surface area contributed by atoms with Gasteiger partial charge in [0.05, 0.1) is 0 Å². The van der Waals surface area contributed by atoms with Crippen molar-refractivity contribution in [2.24, 2.45) is 11.3 Å². The van der Waals surface area contributed by atoms with Gasteiger partial charge in [0.15, 0.2) is 0 Å². The zero-order chi connectivity index (χ0) is 15.1. The van der Waals surface area contributed by atoms with Crippen LogP contribution in [-0.2, 0) is 17.6 Å². The van der Waals surface area contributed by atoms with Crippen molar-refractivity contribution in [1.29, 1.82) is 0 Å². The summed E-state index contributed by atoms with van der Waals surface area (Å²) in [5.41, 5.74) is 3.28. The molecule has 0 radical (unpaired) electrons. The number of rotatable bonds is 7. The summed E-state index contributed by atoms with van der Waals surface area (Å²) in [6, 6.07) is 9.20. The quantitative estimate of drug-likeness (QED) is 0.823. The Bertz CT molecular complexity index is 404. The minimum absolute atomic E-state index is 0.376. The van der Waals surface area contributed by atoms with Gasteiger partial charge in [-0.2, -0.15) is 0 Å². The Hall–Kier alpha value is -0.860. The third-order valence-electron chi connectivity index (χ3n) is 4.62. The number of aryl methyl sites for hydroxylation is 1. The highest BCUT2D eigenvalue weighted by Gasteiger charge is 2.32. The zero-order valence-electron chi connectivity index (χ0n) is 14.0. The summed E-state index contributed by atoms with van der Waals surface area (Å²) in [7, 11) is 0. The molecule has 1 aromatic carbocycles. The smallest absolute Gasteiger partial charge is 0.0471 e. The lowest BCUT2D eigenvalue weighted by atomic mass is 9.75. The molecule has 1 aromatic rings. The van der Waals surface area contributed by atoms with Crippen molar-refractivity contribution >= 4 is 0 Å². The lowest BCUT2D eigenvalue weighted by Gasteiger charge is -2.38. The maximum Gasteiger partial charge on any atom is 0.0471 e. The van der Waals surface area contributed by atoms with Crippen molar-refractivity contribution in [3.8, 4) is 0 Å². The van der Waals surface area contributed by atoms with Gasteiger partial charge in [-0.3, -0.25) is 0 Å². The molecule has 2 rings (SSSR count). The van der Waals surface area contributed by atoms with E-state index in [1.807, 2.05) is 0 Å². The summed E-state index contributed by atoms with van der Waals surface area (Å²) in [5, 5.41) is 3.68. The van der Waals surface area contributed by atoms with Crippen LogP contribution in [0.25, 0.3) is 0 Å². The summed E-state index contributed by atoms with van der Waals surface area (Å²) >= 11 is 0. The molecule has 1 aliphatic heterocycles. The van der Waals surface area contributed by atoms with E-state index >= 15 is 0 Å². The molecule has 0 bridgehead atoms. The van der Waals surface area contributed by atoms with Gasteiger partial charge in [-0.05, 0) is 54.7 Å². The van der Waals surface area contributed by atoms with Crippen LogP contribution in [0.2, 0.25) is 0 Å². The van der Waals surface area contributed by atoms with Crippen molar-refractivity contribution in [2.75, 3.05) is 26.3 Å². The number of benzene rings is 1. The topological polar surface area (TPSA) is 21.3 Å². The third kappa shape index (κ3) is 5.12. The first kappa shape index (κ1) is 16.5. The molecule has 2 heteroatoms. The maximum atomic E-state index is 5.60. The predicted octanol–water partition coefficient (Wildman–Crippen LogP) is 3.83. The van der Waals surface area contributed by atoms with Crippen LogP contribution in [0, 0.1) is 11.3 Å². The third-order valence-corrected chi connectivity index (χ3v) is 4.62. The van der Waals surface area contributed by atoms with Crippen LogP contribution in [0.4, 0.5) is 0 Å². The van der Waals surface area contributed by atoms with Crippen LogP contribution in [0.3, 0.4) is 0 Å². The van der Waals surface area contributed by atoms with E-state index in [4.69, 9.17) is 4.74 Å². The normalized spacial score (nSPS) is 18.1. The Morgan fingerprint density at radius 1 is 1.10 bits per heavy atom. The van der Waals surface area contributed by atoms with Crippen molar-refractivity contribution < 1.29 is 4.74 Å². The molecule has 0 atom stereocenters. The lowest BCUT2D eigenvalue weighted by Crippen LogP contribution is -2.41. The Labute approximate surface area is 130 Å². The maximum absolute atomic E-state index is 5.60. The largest absolute Gasteiger partial charge is 0.381 e. The number of ether oxygens (including phenoxy) is 1. The number of hydrogen-bond acceptors (Lipinski definition) is 2. The van der Waals surface area contributed by atoms with Crippen molar-refractivity contribution in [1.82, 2.24) is 5.32 Å². The molecule has 1 N–H and O–H groups in total. The molecule has 0 spiro atoms. The predicted molar refractivity (Wildman–Crippen MR) is 89.7 cm³/mol. The fourth-order valence-corrected chi connectivity index (χ4v) is 3.17. The molecule has 0 unspecified atom stereocenters. The molecule has 0 saturated carbocycles. The van der Waals surface area contributed by atoms with Crippen LogP contribution in [0.15, 0.2) is 24.3 Å². The Kier molecular flexibility index (Phi) is 6.25. The van der Waals surface area contributed by atoms with Gasteiger partial charge in [-0.15, -0.1) is 0 Å². The second kappa shape index (κ2) is 7.95. The van der Waals surface area contributed by atoms with Gasteiger partial charge in [0, 0.05) is 19.8 Å². The van der Waals surface area contributed by atoms with Gasteiger partial charge >= 0.3 is 0 Å². The molecule has 1 saturated heterocycles. The van der Waals surface area contributed by atoms with Gasteiger partial charge < -0.3 is 10.1 Å². The van der Waals surface area contributed by atoms with Gasteiger partial charge in [0.2, 0.25) is 0 Å². The van der Waals surface area contributed by atoms with Crippen LogP contribution in [0.5, 0.6) is 0 Å². The van der Waals surface area contributed by atoms with E-state index in [0.29, 0.717) is 11.3 Å². The molecular weight excluding hydrogens is 258 g/mol. The summed E-state index contributed by atoms with van der Waals surface area (Å²) in [6.45, 7) is 10.8. The summed E-state index contributed by atoms with van der Waals surface area (Å²) in [5.74, 6) is 0.714. The first-order valence-corrected chi connectivity index (χ1v) is 8.50. The first-order valence-electron chi connectivity index (χ1n) is 8.50. The van der Waals surface area contributed by atoms with E-state index < -0.39 is 0 Å². The fraction of sp³-hybridized carbons (Fsp3) is 0.684. The van der Waals surface area contributed by atoms with Crippen LogP contribution in [0.1, 0.15) is 44.7 Å². The second-order valence-corrected chi connectivity index (χ2v) is 6.98. The molecule has 0 aromatic heterocycles. The standard InChI is InChI=1S/C19H31NO/c1-4-17-5-7-18(8-6-17)13-19(9-11-21-12-10-19)15-20-14-16(2)3/h5-8,16,20H,4,9-15H2,1-3H3. The minimum atomic E-state index is 0.376. The SMILES string of the molecule is CCc1ccc(CC2(CNCC(C)C)CCOCC2)cc1. The Morgan fingerprint density at radius 3 is 2.29 bits per heavy atom. The van der Waals surface area contributed by atoms with Crippen LogP contribution >= 0.6 is 0 Å². The minimum Gasteiger partial charge on any atom is -0.381 e. The van der Waals surface area contributed by atoms with Gasteiger partial charge in [-0.1, -0.05) is 45.0 Å². The Balaban J connectivity index is 2.00. The van der Waals surface area contributed by atoms with Crippen molar-refractivity contribution in [2.45, 2.75) is 46.5 Å². The van der Waals surface area contributed by atoms with E-state index in [0.717, 1.165) is 32.7 Å². The highest BCUT2D eigenvalue weighted by atomic mass is 16.5.